The van der Waals surface area contributed by atoms with Crippen LogP contribution < -0.4 is 0 Å². The number of halogens is 4. The second-order valence-corrected chi connectivity index (χ2v) is 5.85. The minimum absolute atomic E-state index is 0.320. The number of aromatic nitrogens is 1. The number of benzene rings is 1. The second kappa shape index (κ2) is 6.54. The maximum Gasteiger partial charge on any atom is 0.126 e. The highest BCUT2D eigenvalue weighted by Gasteiger charge is 2.16. The van der Waals surface area contributed by atoms with Gasteiger partial charge in [-0.05, 0) is 68.4 Å². The Labute approximate surface area is 132 Å². The number of rotatable bonds is 4. The Kier molecular flexibility index (Phi) is 4.99. The highest BCUT2D eigenvalue weighted by molar-refractivity contribution is 9.11. The van der Waals surface area contributed by atoms with Gasteiger partial charge in [-0.15, -0.1) is 0 Å². The van der Waals surface area contributed by atoms with Crippen LogP contribution >= 0.6 is 31.9 Å². The largest absolute Gasteiger partial charge is 0.291 e. The van der Waals surface area contributed by atoms with Gasteiger partial charge in [-0.3, -0.25) is 4.99 Å². The SMILES string of the molecule is C=NC(Cc1cc(F)cc(F)c1)c1nc(Br)ccc1Br. The highest BCUT2D eigenvalue weighted by Crippen LogP contribution is 2.29. The van der Waals surface area contributed by atoms with Gasteiger partial charge in [0.1, 0.15) is 16.2 Å². The van der Waals surface area contributed by atoms with E-state index in [1.165, 1.54) is 12.1 Å². The maximum absolute atomic E-state index is 13.2. The van der Waals surface area contributed by atoms with Crippen LogP contribution in [0.1, 0.15) is 17.3 Å². The summed E-state index contributed by atoms with van der Waals surface area (Å²) in [5.74, 6) is -1.21. The average Bonchev–Trinajstić information content (AvgIpc) is 2.38. The second-order valence-electron chi connectivity index (χ2n) is 4.18. The van der Waals surface area contributed by atoms with E-state index in [0.29, 0.717) is 22.3 Å². The van der Waals surface area contributed by atoms with Crippen LogP contribution in [-0.4, -0.2) is 11.7 Å². The molecule has 104 valence electrons. The fourth-order valence-corrected chi connectivity index (χ4v) is 2.67. The van der Waals surface area contributed by atoms with E-state index in [4.69, 9.17) is 0 Å². The first-order valence-electron chi connectivity index (χ1n) is 5.72. The van der Waals surface area contributed by atoms with E-state index in [1.54, 1.807) is 6.07 Å². The molecule has 0 bridgehead atoms. The van der Waals surface area contributed by atoms with Crippen LogP contribution in [-0.2, 0) is 6.42 Å². The van der Waals surface area contributed by atoms with E-state index in [-0.39, 0.29) is 6.04 Å². The third kappa shape index (κ3) is 3.70. The molecule has 1 unspecified atom stereocenters. The van der Waals surface area contributed by atoms with E-state index in [9.17, 15) is 8.78 Å². The van der Waals surface area contributed by atoms with Gasteiger partial charge in [0.2, 0.25) is 0 Å². The summed E-state index contributed by atoms with van der Waals surface area (Å²) in [6, 6.07) is 6.64. The standard InChI is InChI=1S/C14H10Br2F2N2/c1-19-12(14-11(15)2-3-13(16)20-14)6-8-4-9(17)7-10(18)5-8/h2-5,7,12H,1,6H2. The Hall–Kier alpha value is -1.14. The van der Waals surface area contributed by atoms with Crippen molar-refractivity contribution in [1.29, 1.82) is 0 Å². The molecule has 0 aliphatic heterocycles. The summed E-state index contributed by atoms with van der Waals surface area (Å²) in [5, 5.41) is 0. The van der Waals surface area contributed by atoms with Crippen LogP contribution in [0.25, 0.3) is 0 Å². The molecule has 2 nitrogen and oxygen atoms in total. The maximum atomic E-state index is 13.2. The van der Waals surface area contributed by atoms with Gasteiger partial charge in [-0.2, -0.15) is 0 Å². The summed E-state index contributed by atoms with van der Waals surface area (Å²) in [4.78, 5) is 8.34. The van der Waals surface area contributed by atoms with Gasteiger partial charge in [0.05, 0.1) is 11.7 Å². The molecule has 1 aromatic carbocycles. The Morgan fingerprint density at radius 2 is 1.80 bits per heavy atom. The van der Waals surface area contributed by atoms with Crippen molar-refractivity contribution < 1.29 is 8.78 Å². The molecule has 0 aliphatic carbocycles. The first-order valence-corrected chi connectivity index (χ1v) is 7.31. The Morgan fingerprint density at radius 3 is 2.40 bits per heavy atom. The minimum atomic E-state index is -0.607. The third-order valence-corrected chi connectivity index (χ3v) is 3.84. The van der Waals surface area contributed by atoms with Gasteiger partial charge >= 0.3 is 0 Å². The van der Waals surface area contributed by atoms with Gasteiger partial charge in [-0.1, -0.05) is 0 Å². The molecule has 0 spiro atoms. The smallest absolute Gasteiger partial charge is 0.126 e. The predicted octanol–water partition coefficient (Wildman–Crippen LogP) is 4.87. The molecule has 0 saturated heterocycles. The third-order valence-electron chi connectivity index (χ3n) is 2.73. The molecule has 1 heterocycles. The van der Waals surface area contributed by atoms with Crippen molar-refractivity contribution in [2.45, 2.75) is 12.5 Å². The number of nitrogens with zero attached hydrogens (tertiary/aromatic N) is 2. The zero-order valence-corrected chi connectivity index (χ0v) is 13.5. The molecule has 20 heavy (non-hydrogen) atoms. The van der Waals surface area contributed by atoms with Crippen molar-refractivity contribution in [1.82, 2.24) is 4.98 Å². The fourth-order valence-electron chi connectivity index (χ4n) is 1.87. The molecule has 6 heteroatoms. The number of hydrogen-bond donors (Lipinski definition) is 0. The van der Waals surface area contributed by atoms with Gasteiger partial charge in [0.25, 0.3) is 0 Å². The first-order chi connectivity index (χ1) is 9.49. The number of pyridine rings is 1. The summed E-state index contributed by atoms with van der Waals surface area (Å²) in [6.07, 6.45) is 0.320. The molecular weight excluding hydrogens is 394 g/mol. The van der Waals surface area contributed by atoms with Crippen LogP contribution in [0.4, 0.5) is 8.78 Å². The lowest BCUT2D eigenvalue weighted by atomic mass is 10.0. The van der Waals surface area contributed by atoms with Crippen LogP contribution in [0, 0.1) is 11.6 Å². The van der Waals surface area contributed by atoms with Crippen molar-refractivity contribution in [3.8, 4) is 0 Å². The normalized spacial score (nSPS) is 12.2. The lowest BCUT2D eigenvalue weighted by molar-refractivity contribution is 0.576. The molecule has 1 aromatic heterocycles. The van der Waals surface area contributed by atoms with Crippen LogP contribution in [0.5, 0.6) is 0 Å². The molecule has 0 fully saturated rings. The number of hydrogen-bond acceptors (Lipinski definition) is 2. The monoisotopic (exact) mass is 402 g/mol. The van der Waals surface area contributed by atoms with Crippen molar-refractivity contribution >= 4 is 38.6 Å². The Morgan fingerprint density at radius 1 is 1.15 bits per heavy atom. The lowest BCUT2D eigenvalue weighted by Gasteiger charge is -2.14. The quantitative estimate of drug-likeness (QED) is 0.528. The van der Waals surface area contributed by atoms with E-state index < -0.39 is 11.6 Å². The number of aliphatic imine (C=N–C) groups is 1. The average molecular weight is 404 g/mol. The zero-order chi connectivity index (χ0) is 14.7. The molecule has 0 saturated carbocycles. The Balaban J connectivity index is 2.33. The Bertz CT molecular complexity index is 627. The van der Waals surface area contributed by atoms with Gasteiger partial charge in [-0.25, -0.2) is 13.8 Å². The summed E-state index contributed by atoms with van der Waals surface area (Å²) in [6.45, 7) is 3.54. The topological polar surface area (TPSA) is 25.2 Å². The van der Waals surface area contributed by atoms with E-state index in [1.807, 2.05) is 6.07 Å². The van der Waals surface area contributed by atoms with Gasteiger partial charge in [0.15, 0.2) is 0 Å². The molecule has 0 aliphatic rings. The van der Waals surface area contributed by atoms with Crippen molar-refractivity contribution in [2.75, 3.05) is 0 Å². The van der Waals surface area contributed by atoms with Crippen LogP contribution in [0.2, 0.25) is 0 Å². The minimum Gasteiger partial charge on any atom is -0.291 e. The summed E-state index contributed by atoms with van der Waals surface area (Å²) in [7, 11) is 0. The van der Waals surface area contributed by atoms with Crippen LogP contribution in [0.15, 0.2) is 44.4 Å². The van der Waals surface area contributed by atoms with E-state index >= 15 is 0 Å². The van der Waals surface area contributed by atoms with E-state index in [0.717, 1.165) is 10.5 Å². The van der Waals surface area contributed by atoms with Crippen LogP contribution in [0.3, 0.4) is 0 Å². The molecular formula is C14H10Br2F2N2. The molecule has 0 radical (unpaired) electrons. The predicted molar refractivity (Wildman–Crippen MR) is 82.0 cm³/mol. The van der Waals surface area contributed by atoms with Crippen molar-refractivity contribution in [2.24, 2.45) is 4.99 Å². The lowest BCUT2D eigenvalue weighted by Crippen LogP contribution is -2.04. The summed E-state index contributed by atoms with van der Waals surface area (Å²) in [5.41, 5.74) is 1.17. The first kappa shape index (κ1) is 15.3. The van der Waals surface area contributed by atoms with E-state index in [2.05, 4.69) is 48.6 Å². The van der Waals surface area contributed by atoms with Crippen molar-refractivity contribution in [3.63, 3.8) is 0 Å². The molecule has 2 aromatic rings. The molecule has 1 atom stereocenters. The highest BCUT2D eigenvalue weighted by atomic mass is 79.9. The van der Waals surface area contributed by atoms with Gasteiger partial charge < -0.3 is 0 Å². The molecule has 0 N–H and O–H groups in total. The molecule has 2 rings (SSSR count). The fraction of sp³-hybridized carbons (Fsp3) is 0.143. The summed E-state index contributed by atoms with van der Waals surface area (Å²) < 4.78 is 27.9. The molecule has 0 amide bonds. The van der Waals surface area contributed by atoms with Gasteiger partial charge in [0, 0.05) is 17.0 Å². The zero-order valence-electron chi connectivity index (χ0n) is 10.3. The summed E-state index contributed by atoms with van der Waals surface area (Å²) >= 11 is 6.68. The van der Waals surface area contributed by atoms with Crippen molar-refractivity contribution in [3.05, 3.63) is 62.3 Å².